The number of benzene rings is 1. The molecule has 100 valence electrons. The quantitative estimate of drug-likeness (QED) is 0.612. The van der Waals surface area contributed by atoms with Crippen molar-refractivity contribution in [3.8, 4) is 0 Å². The van der Waals surface area contributed by atoms with Crippen molar-refractivity contribution in [2.45, 2.75) is 13.3 Å². The molecule has 0 saturated heterocycles. The third kappa shape index (κ3) is 5.02. The summed E-state index contributed by atoms with van der Waals surface area (Å²) in [4.78, 5) is 11.7. The van der Waals surface area contributed by atoms with Crippen molar-refractivity contribution in [2.24, 2.45) is 0 Å². The van der Waals surface area contributed by atoms with Crippen LogP contribution in [0.3, 0.4) is 0 Å². The number of hydrogen-bond acceptors (Lipinski definition) is 2. The predicted molar refractivity (Wildman–Crippen MR) is 69.6 cm³/mol. The Labute approximate surface area is 111 Å². The second kappa shape index (κ2) is 8.06. The lowest BCUT2D eigenvalue weighted by Crippen LogP contribution is -2.26. The van der Waals surface area contributed by atoms with E-state index in [2.05, 4.69) is 5.32 Å². The van der Waals surface area contributed by atoms with Crippen LogP contribution < -0.4 is 5.32 Å². The number of halogens is 2. The van der Waals surface area contributed by atoms with Crippen LogP contribution in [-0.4, -0.2) is 31.5 Å². The van der Waals surface area contributed by atoms with Crippen LogP contribution in [0.15, 0.2) is 18.2 Å². The Balaban J connectivity index is 2.32. The van der Waals surface area contributed by atoms with E-state index in [1.165, 1.54) is 12.1 Å². The number of carbonyl (C=O) groups excluding carboxylic acids is 1. The van der Waals surface area contributed by atoms with Crippen LogP contribution in [0.2, 0.25) is 0 Å². The molecular formula is C13H17ClFNO2. The zero-order valence-electron chi connectivity index (χ0n) is 10.3. The van der Waals surface area contributed by atoms with Crippen molar-refractivity contribution in [3.63, 3.8) is 0 Å². The molecule has 0 aliphatic rings. The van der Waals surface area contributed by atoms with Gasteiger partial charge in [0.1, 0.15) is 5.82 Å². The van der Waals surface area contributed by atoms with Crippen LogP contribution in [0.4, 0.5) is 4.39 Å². The molecule has 0 aliphatic carbocycles. The molecule has 0 fully saturated rings. The standard InChI is InChI=1S/C13H17ClFNO2/c1-10-3-4-11(12(15)9-10)13(17)16-6-2-7-18-8-5-14/h3-4,9H,2,5-8H2,1H3,(H,16,17). The number of alkyl halides is 1. The van der Waals surface area contributed by atoms with E-state index in [0.29, 0.717) is 32.1 Å². The fourth-order valence-electron chi connectivity index (χ4n) is 1.43. The molecule has 5 heteroatoms. The van der Waals surface area contributed by atoms with Crippen LogP contribution in [-0.2, 0) is 4.74 Å². The number of carbonyl (C=O) groups is 1. The van der Waals surface area contributed by atoms with Gasteiger partial charge in [0.2, 0.25) is 0 Å². The molecule has 0 bridgehead atoms. The summed E-state index contributed by atoms with van der Waals surface area (Å²) < 4.78 is 18.6. The molecule has 0 aromatic heterocycles. The zero-order chi connectivity index (χ0) is 13.4. The smallest absolute Gasteiger partial charge is 0.254 e. The minimum absolute atomic E-state index is 0.0716. The van der Waals surface area contributed by atoms with Crippen molar-refractivity contribution in [1.82, 2.24) is 5.32 Å². The second-order valence-electron chi connectivity index (χ2n) is 3.89. The Morgan fingerprint density at radius 3 is 2.89 bits per heavy atom. The molecule has 0 aliphatic heterocycles. The van der Waals surface area contributed by atoms with Gasteiger partial charge in [-0.2, -0.15) is 0 Å². The Bertz CT molecular complexity index is 399. The molecule has 0 spiro atoms. The molecule has 1 aromatic rings. The van der Waals surface area contributed by atoms with Gasteiger partial charge in [0.25, 0.3) is 5.91 Å². The van der Waals surface area contributed by atoms with E-state index in [-0.39, 0.29) is 5.56 Å². The van der Waals surface area contributed by atoms with Gasteiger partial charge in [-0.25, -0.2) is 4.39 Å². The first-order valence-electron chi connectivity index (χ1n) is 5.83. The van der Waals surface area contributed by atoms with E-state index in [4.69, 9.17) is 16.3 Å². The van der Waals surface area contributed by atoms with Gasteiger partial charge >= 0.3 is 0 Å². The number of rotatable bonds is 7. The van der Waals surface area contributed by atoms with Gasteiger partial charge < -0.3 is 10.1 Å². The van der Waals surface area contributed by atoms with E-state index in [0.717, 1.165) is 5.56 Å². The molecule has 0 unspecified atom stereocenters. The van der Waals surface area contributed by atoms with Crippen LogP contribution in [0, 0.1) is 12.7 Å². The van der Waals surface area contributed by atoms with Gasteiger partial charge in [-0.15, -0.1) is 11.6 Å². The summed E-state index contributed by atoms with van der Waals surface area (Å²) in [7, 11) is 0. The molecule has 1 aromatic carbocycles. The molecule has 1 amide bonds. The van der Waals surface area contributed by atoms with Gasteiger partial charge in [-0.3, -0.25) is 4.79 Å². The number of ether oxygens (including phenoxy) is 1. The molecule has 0 saturated carbocycles. The first-order valence-corrected chi connectivity index (χ1v) is 6.36. The number of amides is 1. The van der Waals surface area contributed by atoms with Crippen LogP contribution in [0.25, 0.3) is 0 Å². The first kappa shape index (κ1) is 14.9. The maximum absolute atomic E-state index is 13.5. The molecule has 3 nitrogen and oxygen atoms in total. The maximum Gasteiger partial charge on any atom is 0.254 e. The van der Waals surface area contributed by atoms with Crippen molar-refractivity contribution in [3.05, 3.63) is 35.1 Å². The summed E-state index contributed by atoms with van der Waals surface area (Å²) >= 11 is 5.44. The van der Waals surface area contributed by atoms with E-state index in [1.807, 2.05) is 0 Å². The highest BCUT2D eigenvalue weighted by molar-refractivity contribution is 6.17. The van der Waals surface area contributed by atoms with E-state index >= 15 is 0 Å². The SMILES string of the molecule is Cc1ccc(C(=O)NCCCOCCCl)c(F)c1. The highest BCUT2D eigenvalue weighted by Gasteiger charge is 2.10. The van der Waals surface area contributed by atoms with Crippen molar-refractivity contribution < 1.29 is 13.9 Å². The van der Waals surface area contributed by atoms with Gasteiger partial charge in [0, 0.05) is 19.0 Å². The normalized spacial score (nSPS) is 10.4. The highest BCUT2D eigenvalue weighted by Crippen LogP contribution is 2.09. The summed E-state index contributed by atoms with van der Waals surface area (Å²) in [5.41, 5.74) is 0.862. The molecule has 1 rings (SSSR count). The molecular weight excluding hydrogens is 257 g/mol. The Morgan fingerprint density at radius 1 is 1.44 bits per heavy atom. The summed E-state index contributed by atoms with van der Waals surface area (Å²) in [6, 6.07) is 4.55. The van der Waals surface area contributed by atoms with Gasteiger partial charge in [-0.1, -0.05) is 6.07 Å². The van der Waals surface area contributed by atoms with E-state index < -0.39 is 11.7 Å². The lowest BCUT2D eigenvalue weighted by Gasteiger charge is -2.07. The second-order valence-corrected chi connectivity index (χ2v) is 4.27. The largest absolute Gasteiger partial charge is 0.380 e. The Morgan fingerprint density at radius 2 is 2.22 bits per heavy atom. The topological polar surface area (TPSA) is 38.3 Å². The Hall–Kier alpha value is -1.13. The summed E-state index contributed by atoms with van der Waals surface area (Å²) in [5.74, 6) is -0.434. The third-order valence-electron chi connectivity index (χ3n) is 2.34. The average Bonchev–Trinajstić information content (AvgIpc) is 2.33. The van der Waals surface area contributed by atoms with E-state index in [1.54, 1.807) is 13.0 Å². The average molecular weight is 274 g/mol. The molecule has 18 heavy (non-hydrogen) atoms. The maximum atomic E-state index is 13.5. The minimum Gasteiger partial charge on any atom is -0.380 e. The van der Waals surface area contributed by atoms with Gasteiger partial charge in [0.15, 0.2) is 0 Å². The van der Waals surface area contributed by atoms with Crippen LogP contribution >= 0.6 is 11.6 Å². The Kier molecular flexibility index (Phi) is 6.68. The van der Waals surface area contributed by atoms with E-state index in [9.17, 15) is 9.18 Å². The van der Waals surface area contributed by atoms with Crippen molar-refractivity contribution >= 4 is 17.5 Å². The lowest BCUT2D eigenvalue weighted by atomic mass is 10.1. The lowest BCUT2D eigenvalue weighted by molar-refractivity contribution is 0.0940. The number of nitrogens with one attached hydrogen (secondary N) is 1. The summed E-state index contributed by atoms with van der Waals surface area (Å²) in [6.07, 6.45) is 0.677. The fourth-order valence-corrected chi connectivity index (χ4v) is 1.54. The monoisotopic (exact) mass is 273 g/mol. The van der Waals surface area contributed by atoms with Gasteiger partial charge in [-0.05, 0) is 31.0 Å². The third-order valence-corrected chi connectivity index (χ3v) is 2.50. The number of aryl methyl sites for hydroxylation is 1. The zero-order valence-corrected chi connectivity index (χ0v) is 11.1. The molecule has 0 atom stereocenters. The predicted octanol–water partition coefficient (Wildman–Crippen LogP) is 2.51. The summed E-state index contributed by atoms with van der Waals surface area (Å²) in [5, 5.41) is 2.64. The summed E-state index contributed by atoms with van der Waals surface area (Å²) in [6.45, 7) is 3.26. The van der Waals surface area contributed by atoms with Crippen molar-refractivity contribution in [1.29, 1.82) is 0 Å². The van der Waals surface area contributed by atoms with Crippen LogP contribution in [0.1, 0.15) is 22.3 Å². The molecule has 0 radical (unpaired) electrons. The molecule has 1 N–H and O–H groups in total. The van der Waals surface area contributed by atoms with Crippen LogP contribution in [0.5, 0.6) is 0 Å². The first-order chi connectivity index (χ1) is 8.65. The highest BCUT2D eigenvalue weighted by atomic mass is 35.5. The van der Waals surface area contributed by atoms with Gasteiger partial charge in [0.05, 0.1) is 12.2 Å². The molecule has 0 heterocycles. The number of hydrogen-bond donors (Lipinski definition) is 1. The fraction of sp³-hybridized carbons (Fsp3) is 0.462. The minimum atomic E-state index is -0.495. The van der Waals surface area contributed by atoms with Crippen molar-refractivity contribution in [2.75, 3.05) is 25.6 Å².